The van der Waals surface area contributed by atoms with Crippen molar-refractivity contribution in [1.82, 2.24) is 4.90 Å². The van der Waals surface area contributed by atoms with Crippen LogP contribution >= 0.6 is 0 Å². The van der Waals surface area contributed by atoms with E-state index in [-0.39, 0.29) is 29.9 Å². The lowest BCUT2D eigenvalue weighted by atomic mass is 9.95. The molecule has 0 unspecified atom stereocenters. The second kappa shape index (κ2) is 5.99. The summed E-state index contributed by atoms with van der Waals surface area (Å²) >= 11 is 0. The normalized spacial score (nSPS) is 13.8. The molecule has 1 aromatic rings. The molecule has 0 saturated carbocycles. The van der Waals surface area contributed by atoms with Crippen LogP contribution in [0, 0.1) is 5.92 Å². The fraction of sp³-hybridized carbons (Fsp3) is 0.375. The average molecular weight is 287 g/mol. The molecule has 5 nitrogen and oxygen atoms in total. The summed E-state index contributed by atoms with van der Waals surface area (Å²) in [6, 6.07) is 6.69. The monoisotopic (exact) mass is 287 g/mol. The predicted octanol–water partition coefficient (Wildman–Crippen LogP) is 1.86. The third kappa shape index (κ3) is 2.91. The molecule has 1 aromatic carbocycles. The first-order valence-corrected chi connectivity index (χ1v) is 6.89. The Kier molecular flexibility index (Phi) is 4.31. The molecule has 5 heteroatoms. The number of benzene rings is 1. The largest absolute Gasteiger partial charge is 0.299 e. The van der Waals surface area contributed by atoms with Gasteiger partial charge in [-0.25, -0.2) is 0 Å². The topological polar surface area (TPSA) is 71.5 Å². The highest BCUT2D eigenvalue weighted by Gasteiger charge is 2.34. The Hall–Kier alpha value is -2.30. The van der Waals surface area contributed by atoms with Crippen molar-refractivity contribution < 1.29 is 19.2 Å². The van der Waals surface area contributed by atoms with E-state index in [9.17, 15) is 19.2 Å². The van der Waals surface area contributed by atoms with Crippen LogP contribution < -0.4 is 0 Å². The Balaban J connectivity index is 2.00. The first kappa shape index (κ1) is 15.1. The summed E-state index contributed by atoms with van der Waals surface area (Å²) in [7, 11) is 0. The van der Waals surface area contributed by atoms with Crippen LogP contribution in [0.3, 0.4) is 0 Å². The Morgan fingerprint density at radius 3 is 1.90 bits per heavy atom. The van der Waals surface area contributed by atoms with Crippen molar-refractivity contribution in [2.75, 3.05) is 6.54 Å². The van der Waals surface area contributed by atoms with E-state index in [2.05, 4.69) is 0 Å². The molecule has 0 bridgehead atoms. The van der Waals surface area contributed by atoms with Gasteiger partial charge in [0.05, 0.1) is 17.0 Å². The van der Waals surface area contributed by atoms with Crippen molar-refractivity contribution in [2.45, 2.75) is 26.7 Å². The van der Waals surface area contributed by atoms with Gasteiger partial charge in [-0.05, 0) is 38.8 Å². The molecule has 1 heterocycles. The number of amides is 2. The van der Waals surface area contributed by atoms with E-state index in [1.54, 1.807) is 24.3 Å². The number of carbonyl (C=O) groups excluding carboxylic acids is 4. The van der Waals surface area contributed by atoms with Gasteiger partial charge >= 0.3 is 0 Å². The van der Waals surface area contributed by atoms with Gasteiger partial charge in [-0.1, -0.05) is 12.1 Å². The van der Waals surface area contributed by atoms with Crippen molar-refractivity contribution in [3.05, 3.63) is 35.4 Å². The van der Waals surface area contributed by atoms with Gasteiger partial charge in [0.1, 0.15) is 11.6 Å². The molecule has 0 spiro atoms. The van der Waals surface area contributed by atoms with Gasteiger partial charge in [0.2, 0.25) is 0 Å². The summed E-state index contributed by atoms with van der Waals surface area (Å²) in [5, 5.41) is 0. The lowest BCUT2D eigenvalue weighted by Crippen LogP contribution is -2.31. The maximum atomic E-state index is 12.1. The van der Waals surface area contributed by atoms with E-state index >= 15 is 0 Å². The minimum atomic E-state index is -0.639. The van der Waals surface area contributed by atoms with Gasteiger partial charge in [0.15, 0.2) is 0 Å². The smallest absolute Gasteiger partial charge is 0.261 e. The van der Waals surface area contributed by atoms with Crippen molar-refractivity contribution in [2.24, 2.45) is 5.92 Å². The highest BCUT2D eigenvalue weighted by atomic mass is 16.2. The van der Waals surface area contributed by atoms with E-state index in [1.807, 2.05) is 0 Å². The van der Waals surface area contributed by atoms with Gasteiger partial charge in [-0.15, -0.1) is 0 Å². The first-order chi connectivity index (χ1) is 9.93. The lowest BCUT2D eigenvalue weighted by molar-refractivity contribution is -0.130. The summed E-state index contributed by atoms with van der Waals surface area (Å²) < 4.78 is 0. The lowest BCUT2D eigenvalue weighted by Gasteiger charge is -2.15. The molecule has 0 radical (unpaired) electrons. The van der Waals surface area contributed by atoms with Crippen LogP contribution in [0.4, 0.5) is 0 Å². The molecule has 0 saturated heterocycles. The molecule has 0 aliphatic carbocycles. The van der Waals surface area contributed by atoms with E-state index in [0.717, 1.165) is 0 Å². The zero-order valence-corrected chi connectivity index (χ0v) is 12.1. The maximum absolute atomic E-state index is 12.1. The van der Waals surface area contributed by atoms with Crippen LogP contribution in [0.1, 0.15) is 47.4 Å². The Labute approximate surface area is 122 Å². The number of carbonyl (C=O) groups is 4. The number of imide groups is 1. The SMILES string of the molecule is CC(=O)C(CCCN1C(=O)c2ccccc2C1=O)C(C)=O. The minimum Gasteiger partial charge on any atom is -0.299 e. The predicted molar refractivity (Wildman–Crippen MR) is 75.9 cm³/mol. The second-order valence-electron chi connectivity index (χ2n) is 5.22. The van der Waals surface area contributed by atoms with Crippen LogP contribution in [-0.4, -0.2) is 34.8 Å². The highest BCUT2D eigenvalue weighted by Crippen LogP contribution is 2.23. The molecule has 110 valence electrons. The molecular weight excluding hydrogens is 270 g/mol. The number of fused-ring (bicyclic) bond motifs is 1. The van der Waals surface area contributed by atoms with Crippen LogP contribution in [-0.2, 0) is 9.59 Å². The van der Waals surface area contributed by atoms with Crippen LogP contribution in [0.15, 0.2) is 24.3 Å². The van der Waals surface area contributed by atoms with Crippen LogP contribution in [0.25, 0.3) is 0 Å². The van der Waals surface area contributed by atoms with Gasteiger partial charge in [0, 0.05) is 6.54 Å². The molecule has 2 rings (SSSR count). The number of rotatable bonds is 6. The quantitative estimate of drug-likeness (QED) is 0.591. The van der Waals surface area contributed by atoms with Crippen LogP contribution in [0.2, 0.25) is 0 Å². The number of hydrogen-bond acceptors (Lipinski definition) is 4. The number of ketones is 2. The maximum Gasteiger partial charge on any atom is 0.261 e. The van der Waals surface area contributed by atoms with E-state index in [1.165, 1.54) is 18.7 Å². The average Bonchev–Trinajstić information content (AvgIpc) is 2.67. The van der Waals surface area contributed by atoms with Gasteiger partial charge in [0.25, 0.3) is 11.8 Å². The molecule has 1 aliphatic heterocycles. The van der Waals surface area contributed by atoms with Gasteiger partial charge in [-0.3, -0.25) is 24.1 Å². The van der Waals surface area contributed by atoms with E-state index < -0.39 is 5.92 Å². The zero-order chi connectivity index (χ0) is 15.6. The minimum absolute atomic E-state index is 0.176. The summed E-state index contributed by atoms with van der Waals surface area (Å²) in [6.45, 7) is 2.99. The molecule has 21 heavy (non-hydrogen) atoms. The number of Topliss-reactive ketones (excluding diaryl/α,β-unsaturated/α-hetero) is 2. The standard InChI is InChI=1S/C16H17NO4/c1-10(18)12(11(2)19)8-5-9-17-15(20)13-6-3-4-7-14(13)16(17)21/h3-4,6-7,12H,5,8-9H2,1-2H3. The molecular formula is C16H17NO4. The number of hydrogen-bond donors (Lipinski definition) is 0. The van der Waals surface area contributed by atoms with E-state index in [4.69, 9.17) is 0 Å². The fourth-order valence-electron chi connectivity index (χ4n) is 2.59. The van der Waals surface area contributed by atoms with Gasteiger partial charge < -0.3 is 0 Å². The Morgan fingerprint density at radius 1 is 1.00 bits per heavy atom. The molecule has 0 N–H and O–H groups in total. The fourth-order valence-corrected chi connectivity index (χ4v) is 2.59. The van der Waals surface area contributed by atoms with Gasteiger partial charge in [-0.2, -0.15) is 0 Å². The summed E-state index contributed by atoms with van der Waals surface area (Å²) in [6.07, 6.45) is 0.799. The first-order valence-electron chi connectivity index (χ1n) is 6.89. The Morgan fingerprint density at radius 2 is 1.48 bits per heavy atom. The molecule has 1 aliphatic rings. The summed E-state index contributed by atoms with van der Waals surface area (Å²) in [4.78, 5) is 48.1. The number of nitrogens with zero attached hydrogens (tertiary/aromatic N) is 1. The third-order valence-electron chi connectivity index (χ3n) is 3.73. The molecule has 0 atom stereocenters. The third-order valence-corrected chi connectivity index (χ3v) is 3.73. The van der Waals surface area contributed by atoms with Crippen molar-refractivity contribution in [3.8, 4) is 0 Å². The molecule has 2 amide bonds. The summed E-state index contributed by atoms with van der Waals surface area (Å²) in [5.74, 6) is -1.61. The van der Waals surface area contributed by atoms with Crippen molar-refractivity contribution >= 4 is 23.4 Å². The van der Waals surface area contributed by atoms with Crippen molar-refractivity contribution in [1.29, 1.82) is 0 Å². The van der Waals surface area contributed by atoms with Crippen molar-refractivity contribution in [3.63, 3.8) is 0 Å². The van der Waals surface area contributed by atoms with E-state index in [0.29, 0.717) is 24.0 Å². The highest BCUT2D eigenvalue weighted by molar-refractivity contribution is 6.21. The summed E-state index contributed by atoms with van der Waals surface area (Å²) in [5.41, 5.74) is 0.828. The van der Waals surface area contributed by atoms with Crippen LogP contribution in [0.5, 0.6) is 0 Å². The Bertz CT molecular complexity index is 571. The zero-order valence-electron chi connectivity index (χ0n) is 12.1. The molecule has 0 aromatic heterocycles. The second-order valence-corrected chi connectivity index (χ2v) is 5.22. The molecule has 0 fully saturated rings.